The van der Waals surface area contributed by atoms with Gasteiger partial charge in [0.05, 0.1) is 11.6 Å². The fraction of sp³-hybridized carbons (Fsp3) is 0.455. The summed E-state index contributed by atoms with van der Waals surface area (Å²) in [6.07, 6.45) is 6.24. The first-order valence-electron chi connectivity index (χ1n) is 5.33. The average Bonchev–Trinajstić information content (AvgIpc) is 3.10. The Hall–Kier alpha value is -1.23. The molecule has 0 radical (unpaired) electrons. The number of pyridine rings is 1. The van der Waals surface area contributed by atoms with Crippen LogP contribution in [-0.4, -0.2) is 23.2 Å². The summed E-state index contributed by atoms with van der Waals surface area (Å²) < 4.78 is 0. The van der Waals surface area contributed by atoms with Gasteiger partial charge in [-0.1, -0.05) is 0 Å². The molecule has 0 aromatic carbocycles. The molecular weight excluding hydrogens is 220 g/mol. The summed E-state index contributed by atoms with van der Waals surface area (Å²) in [5.74, 6) is 0.546. The van der Waals surface area contributed by atoms with Gasteiger partial charge in [0.2, 0.25) is 0 Å². The van der Waals surface area contributed by atoms with E-state index in [2.05, 4.69) is 15.3 Å². The standard InChI is InChI=1S/C11H16N4S/c1-16-10-6-8(4-5-13-10)7-14-11(12)15-9-2-3-9/h4-6,9H,2-3,7H2,1H3,(H3,12,14,15). The monoisotopic (exact) mass is 236 g/mol. The molecule has 1 aromatic rings. The number of hydrogen-bond acceptors (Lipinski definition) is 3. The molecule has 1 saturated carbocycles. The Morgan fingerprint density at radius 3 is 3.19 bits per heavy atom. The molecule has 0 bridgehead atoms. The van der Waals surface area contributed by atoms with E-state index in [0.29, 0.717) is 18.5 Å². The molecule has 1 fully saturated rings. The van der Waals surface area contributed by atoms with Gasteiger partial charge < -0.3 is 11.1 Å². The Morgan fingerprint density at radius 2 is 2.50 bits per heavy atom. The highest BCUT2D eigenvalue weighted by atomic mass is 32.2. The number of thioether (sulfide) groups is 1. The summed E-state index contributed by atoms with van der Waals surface area (Å²) in [5.41, 5.74) is 6.89. The number of nitrogens with two attached hydrogens (primary N) is 1. The Kier molecular flexibility index (Phi) is 3.66. The smallest absolute Gasteiger partial charge is 0.189 e. The van der Waals surface area contributed by atoms with Gasteiger partial charge in [-0.05, 0) is 36.8 Å². The van der Waals surface area contributed by atoms with E-state index >= 15 is 0 Å². The second kappa shape index (κ2) is 5.21. The van der Waals surface area contributed by atoms with Crippen molar-refractivity contribution >= 4 is 17.7 Å². The third-order valence-electron chi connectivity index (χ3n) is 2.37. The molecule has 0 unspecified atom stereocenters. The highest BCUT2D eigenvalue weighted by Gasteiger charge is 2.21. The third-order valence-corrected chi connectivity index (χ3v) is 3.01. The van der Waals surface area contributed by atoms with Crippen LogP contribution in [0, 0.1) is 0 Å². The first-order chi connectivity index (χ1) is 7.78. The van der Waals surface area contributed by atoms with E-state index in [9.17, 15) is 0 Å². The topological polar surface area (TPSA) is 63.3 Å². The highest BCUT2D eigenvalue weighted by Crippen LogP contribution is 2.18. The van der Waals surface area contributed by atoms with Crippen LogP contribution in [0.5, 0.6) is 0 Å². The van der Waals surface area contributed by atoms with Gasteiger partial charge in [-0.2, -0.15) is 0 Å². The minimum Gasteiger partial charge on any atom is -0.370 e. The fourth-order valence-corrected chi connectivity index (χ4v) is 1.75. The zero-order chi connectivity index (χ0) is 11.4. The normalized spacial score (nSPS) is 16.2. The molecular formula is C11H16N4S. The van der Waals surface area contributed by atoms with Crippen molar-refractivity contribution in [3.8, 4) is 0 Å². The van der Waals surface area contributed by atoms with Crippen molar-refractivity contribution < 1.29 is 0 Å². The van der Waals surface area contributed by atoms with Crippen molar-refractivity contribution in [1.82, 2.24) is 10.3 Å². The van der Waals surface area contributed by atoms with Crippen molar-refractivity contribution in [1.29, 1.82) is 0 Å². The van der Waals surface area contributed by atoms with E-state index in [1.165, 1.54) is 12.8 Å². The average molecular weight is 236 g/mol. The maximum atomic E-state index is 5.75. The van der Waals surface area contributed by atoms with Crippen LogP contribution < -0.4 is 11.1 Å². The lowest BCUT2D eigenvalue weighted by molar-refractivity contribution is 0.877. The van der Waals surface area contributed by atoms with Gasteiger partial charge >= 0.3 is 0 Å². The van der Waals surface area contributed by atoms with Crippen LogP contribution in [0.3, 0.4) is 0 Å². The van der Waals surface area contributed by atoms with Gasteiger partial charge in [0.15, 0.2) is 5.96 Å². The van der Waals surface area contributed by atoms with Crippen LogP contribution in [0.2, 0.25) is 0 Å². The summed E-state index contributed by atoms with van der Waals surface area (Å²) in [4.78, 5) is 8.51. The summed E-state index contributed by atoms with van der Waals surface area (Å²) in [6, 6.07) is 4.56. The molecule has 0 atom stereocenters. The summed E-state index contributed by atoms with van der Waals surface area (Å²) in [7, 11) is 0. The number of hydrogen-bond donors (Lipinski definition) is 2. The molecule has 1 aliphatic carbocycles. The molecule has 0 aliphatic heterocycles. The van der Waals surface area contributed by atoms with Crippen LogP contribution in [0.25, 0.3) is 0 Å². The number of guanidine groups is 1. The van der Waals surface area contributed by atoms with Gasteiger partial charge in [-0.3, -0.25) is 0 Å². The van der Waals surface area contributed by atoms with Crippen LogP contribution in [0.1, 0.15) is 18.4 Å². The second-order valence-electron chi connectivity index (χ2n) is 3.83. The molecule has 86 valence electrons. The summed E-state index contributed by atoms with van der Waals surface area (Å²) >= 11 is 1.63. The van der Waals surface area contributed by atoms with Crippen LogP contribution in [0.15, 0.2) is 28.3 Å². The van der Waals surface area contributed by atoms with E-state index in [4.69, 9.17) is 5.73 Å². The zero-order valence-corrected chi connectivity index (χ0v) is 10.1. The van der Waals surface area contributed by atoms with E-state index < -0.39 is 0 Å². The van der Waals surface area contributed by atoms with Crippen molar-refractivity contribution in [2.75, 3.05) is 6.26 Å². The maximum Gasteiger partial charge on any atom is 0.189 e. The van der Waals surface area contributed by atoms with Gasteiger partial charge in [0.25, 0.3) is 0 Å². The number of aliphatic imine (C=N–C) groups is 1. The predicted octanol–water partition coefficient (Wildman–Crippen LogP) is 1.37. The molecule has 1 aromatic heterocycles. The molecule has 0 spiro atoms. The number of nitrogens with one attached hydrogen (secondary N) is 1. The lowest BCUT2D eigenvalue weighted by Crippen LogP contribution is -2.33. The number of nitrogens with zero attached hydrogens (tertiary/aromatic N) is 2. The number of rotatable bonds is 4. The Morgan fingerprint density at radius 1 is 1.69 bits per heavy atom. The zero-order valence-electron chi connectivity index (χ0n) is 9.31. The molecule has 1 aliphatic rings. The van der Waals surface area contributed by atoms with Crippen LogP contribution >= 0.6 is 11.8 Å². The molecule has 4 nitrogen and oxygen atoms in total. The maximum absolute atomic E-state index is 5.75. The van der Waals surface area contributed by atoms with Crippen molar-refractivity contribution in [2.45, 2.75) is 30.5 Å². The molecule has 1 heterocycles. The quantitative estimate of drug-likeness (QED) is 0.471. The Balaban J connectivity index is 1.91. The van der Waals surface area contributed by atoms with Gasteiger partial charge in [0, 0.05) is 12.2 Å². The number of aromatic nitrogens is 1. The summed E-state index contributed by atoms with van der Waals surface area (Å²) in [6.45, 7) is 0.613. The fourth-order valence-electron chi connectivity index (χ4n) is 1.32. The summed E-state index contributed by atoms with van der Waals surface area (Å²) in [5, 5.41) is 4.17. The third kappa shape index (κ3) is 3.41. The molecule has 0 amide bonds. The van der Waals surface area contributed by atoms with E-state index in [1.807, 2.05) is 18.4 Å². The molecule has 3 N–H and O–H groups in total. The largest absolute Gasteiger partial charge is 0.370 e. The van der Waals surface area contributed by atoms with Gasteiger partial charge in [-0.25, -0.2) is 9.98 Å². The molecule has 2 rings (SSSR count). The SMILES string of the molecule is CSc1cc(CN=C(N)NC2CC2)ccn1. The van der Waals surface area contributed by atoms with Crippen molar-refractivity contribution in [3.05, 3.63) is 23.9 Å². The van der Waals surface area contributed by atoms with E-state index in [-0.39, 0.29) is 0 Å². The van der Waals surface area contributed by atoms with Crippen molar-refractivity contribution in [2.24, 2.45) is 10.7 Å². The van der Waals surface area contributed by atoms with Gasteiger partial charge in [0.1, 0.15) is 0 Å². The van der Waals surface area contributed by atoms with Gasteiger partial charge in [-0.15, -0.1) is 11.8 Å². The molecule has 5 heteroatoms. The predicted molar refractivity (Wildman–Crippen MR) is 67.5 cm³/mol. The Bertz CT molecular complexity index is 387. The lowest BCUT2D eigenvalue weighted by atomic mass is 10.3. The second-order valence-corrected chi connectivity index (χ2v) is 4.65. The van der Waals surface area contributed by atoms with Crippen LogP contribution in [0.4, 0.5) is 0 Å². The van der Waals surface area contributed by atoms with Crippen molar-refractivity contribution in [3.63, 3.8) is 0 Å². The van der Waals surface area contributed by atoms with E-state index in [0.717, 1.165) is 10.6 Å². The molecule has 16 heavy (non-hydrogen) atoms. The highest BCUT2D eigenvalue weighted by molar-refractivity contribution is 7.98. The van der Waals surface area contributed by atoms with E-state index in [1.54, 1.807) is 18.0 Å². The molecule has 0 saturated heterocycles. The first kappa shape index (κ1) is 11.3. The Labute approximate surface area is 99.7 Å². The minimum absolute atomic E-state index is 0.546. The minimum atomic E-state index is 0.546. The lowest BCUT2D eigenvalue weighted by Gasteiger charge is -2.03. The first-order valence-corrected chi connectivity index (χ1v) is 6.56. The van der Waals surface area contributed by atoms with Crippen LogP contribution in [-0.2, 0) is 6.54 Å².